The quantitative estimate of drug-likeness (QED) is 0.0595. The second-order valence-electron chi connectivity index (χ2n) is 10.4. The molecule has 0 aliphatic heterocycles. The van der Waals surface area contributed by atoms with Gasteiger partial charge in [-0.15, -0.1) is 11.3 Å². The van der Waals surface area contributed by atoms with E-state index in [1.54, 1.807) is 11.3 Å². The Morgan fingerprint density at radius 3 is 1.47 bits per heavy atom. The Labute approximate surface area is 256 Å². The summed E-state index contributed by atoms with van der Waals surface area (Å²) in [7, 11) is 0. The standard InChI is InChI=1S/C34H36N8S/c35-33(36)41-13-3-7-23-5-1-9-25(15-23)27-17-29(21-39-19-27)31-11-12-32(43-31)30-18-28(20-40-22-30)26-10-2-6-24(16-26)8-4-14-42-34(37)38/h1-2,5-6,9-12,15-22H,3-4,7-8,13-14H2,(H4,35,36,41)(H4,37,38,42). The lowest BCUT2D eigenvalue weighted by Gasteiger charge is -2.08. The van der Waals surface area contributed by atoms with Crippen LogP contribution in [0.1, 0.15) is 24.0 Å². The zero-order valence-electron chi connectivity index (χ0n) is 23.9. The van der Waals surface area contributed by atoms with Crippen molar-refractivity contribution >= 4 is 23.3 Å². The van der Waals surface area contributed by atoms with E-state index in [9.17, 15) is 0 Å². The molecule has 0 fully saturated rings. The van der Waals surface area contributed by atoms with Gasteiger partial charge >= 0.3 is 0 Å². The van der Waals surface area contributed by atoms with Gasteiger partial charge in [0.1, 0.15) is 0 Å². The fourth-order valence-corrected chi connectivity index (χ4v) is 5.93. The second-order valence-corrected chi connectivity index (χ2v) is 11.5. The SMILES string of the molecule is N=C(N)NCCCc1cccc(-c2cncc(-c3ccc(-c4cncc(-c5cccc(CCCNC(=N)N)c5)c4)s3)c2)c1. The number of aromatic nitrogens is 2. The van der Waals surface area contributed by atoms with E-state index in [0.717, 1.165) is 68.8 Å². The first-order valence-corrected chi connectivity index (χ1v) is 15.1. The summed E-state index contributed by atoms with van der Waals surface area (Å²) in [4.78, 5) is 11.4. The molecule has 218 valence electrons. The lowest BCUT2D eigenvalue weighted by atomic mass is 10.0. The van der Waals surface area contributed by atoms with Gasteiger partial charge in [0.15, 0.2) is 11.9 Å². The minimum Gasteiger partial charge on any atom is -0.370 e. The molecular weight excluding hydrogens is 552 g/mol. The largest absolute Gasteiger partial charge is 0.370 e. The van der Waals surface area contributed by atoms with E-state index in [1.165, 1.54) is 11.1 Å². The molecule has 8 N–H and O–H groups in total. The number of aryl methyl sites for hydroxylation is 2. The zero-order valence-corrected chi connectivity index (χ0v) is 24.8. The third-order valence-electron chi connectivity index (χ3n) is 7.09. The zero-order chi connectivity index (χ0) is 30.0. The molecule has 8 nitrogen and oxygen atoms in total. The lowest BCUT2D eigenvalue weighted by Crippen LogP contribution is -2.31. The van der Waals surface area contributed by atoms with Gasteiger partial charge < -0.3 is 22.1 Å². The van der Waals surface area contributed by atoms with E-state index in [4.69, 9.17) is 22.3 Å². The summed E-state index contributed by atoms with van der Waals surface area (Å²) in [6.45, 7) is 1.37. The van der Waals surface area contributed by atoms with E-state index in [1.807, 2.05) is 24.8 Å². The molecule has 0 aliphatic carbocycles. The fraction of sp³-hybridized carbons (Fsp3) is 0.176. The first kappa shape index (κ1) is 29.5. The number of thiophene rings is 1. The van der Waals surface area contributed by atoms with Gasteiger partial charge in [-0.3, -0.25) is 20.8 Å². The van der Waals surface area contributed by atoms with E-state index in [-0.39, 0.29) is 11.9 Å². The minimum atomic E-state index is 0.00920. The molecule has 9 heteroatoms. The number of nitrogens with zero attached hydrogens (tertiary/aromatic N) is 2. The number of hydrogen-bond acceptors (Lipinski definition) is 5. The average Bonchev–Trinajstić information content (AvgIpc) is 3.53. The Morgan fingerprint density at radius 2 is 1.02 bits per heavy atom. The minimum absolute atomic E-state index is 0.00920. The predicted molar refractivity (Wildman–Crippen MR) is 178 cm³/mol. The highest BCUT2D eigenvalue weighted by molar-refractivity contribution is 7.18. The molecule has 5 aromatic rings. The van der Waals surface area contributed by atoms with Crippen LogP contribution in [0, 0.1) is 10.8 Å². The highest BCUT2D eigenvalue weighted by atomic mass is 32.1. The first-order chi connectivity index (χ1) is 20.9. The summed E-state index contributed by atoms with van der Waals surface area (Å²) in [5.41, 5.74) is 19.9. The summed E-state index contributed by atoms with van der Waals surface area (Å²) >= 11 is 1.74. The highest BCUT2D eigenvalue weighted by Crippen LogP contribution is 2.36. The van der Waals surface area contributed by atoms with Gasteiger partial charge in [0.25, 0.3) is 0 Å². The summed E-state index contributed by atoms with van der Waals surface area (Å²) in [5.74, 6) is 0.0184. The third-order valence-corrected chi connectivity index (χ3v) is 8.27. The van der Waals surface area contributed by atoms with Gasteiger partial charge in [0.2, 0.25) is 0 Å². The predicted octanol–water partition coefficient (Wildman–Crippen LogP) is 6.04. The second kappa shape index (κ2) is 14.2. The van der Waals surface area contributed by atoms with Crippen molar-refractivity contribution in [2.75, 3.05) is 13.1 Å². The maximum absolute atomic E-state index is 7.30. The Morgan fingerprint density at radius 1 is 0.581 bits per heavy atom. The summed E-state index contributed by atoms with van der Waals surface area (Å²) in [6.07, 6.45) is 11.3. The molecule has 0 saturated heterocycles. The van der Waals surface area contributed by atoms with Crippen molar-refractivity contribution in [3.63, 3.8) is 0 Å². The van der Waals surface area contributed by atoms with Crippen molar-refractivity contribution in [2.24, 2.45) is 11.5 Å². The van der Waals surface area contributed by atoms with Crippen LogP contribution in [0.3, 0.4) is 0 Å². The molecule has 0 atom stereocenters. The normalized spacial score (nSPS) is 10.8. The fourth-order valence-electron chi connectivity index (χ4n) is 4.96. The molecule has 0 unspecified atom stereocenters. The molecule has 3 heterocycles. The topological polar surface area (TPSA) is 150 Å². The van der Waals surface area contributed by atoms with E-state index < -0.39 is 0 Å². The monoisotopic (exact) mass is 588 g/mol. The van der Waals surface area contributed by atoms with Crippen molar-refractivity contribution < 1.29 is 0 Å². The van der Waals surface area contributed by atoms with Gasteiger partial charge in [-0.2, -0.15) is 0 Å². The molecule has 2 aromatic carbocycles. The van der Waals surface area contributed by atoms with Crippen molar-refractivity contribution in [1.82, 2.24) is 20.6 Å². The van der Waals surface area contributed by atoms with E-state index in [0.29, 0.717) is 13.1 Å². The van der Waals surface area contributed by atoms with Crippen LogP contribution in [0.25, 0.3) is 43.1 Å². The Hall–Kier alpha value is -5.02. The Bertz CT molecular complexity index is 1590. The summed E-state index contributed by atoms with van der Waals surface area (Å²) < 4.78 is 0. The molecular formula is C34H36N8S. The van der Waals surface area contributed by atoms with Crippen LogP contribution >= 0.6 is 11.3 Å². The smallest absolute Gasteiger partial charge is 0.185 e. The van der Waals surface area contributed by atoms with E-state index >= 15 is 0 Å². The molecule has 0 radical (unpaired) electrons. The van der Waals surface area contributed by atoms with Gasteiger partial charge in [-0.1, -0.05) is 48.5 Å². The summed E-state index contributed by atoms with van der Waals surface area (Å²) in [6, 6.07) is 25.8. The molecule has 0 aliphatic rings. The van der Waals surface area contributed by atoms with Gasteiger partial charge in [0, 0.05) is 69.9 Å². The lowest BCUT2D eigenvalue weighted by molar-refractivity contribution is 0.767. The molecule has 0 bridgehead atoms. The van der Waals surface area contributed by atoms with Crippen LogP contribution in [-0.4, -0.2) is 35.0 Å². The number of pyridine rings is 2. The maximum atomic E-state index is 7.30. The average molecular weight is 589 g/mol. The van der Waals surface area contributed by atoms with Crippen LogP contribution in [0.2, 0.25) is 0 Å². The van der Waals surface area contributed by atoms with Crippen LogP contribution in [-0.2, 0) is 12.8 Å². The first-order valence-electron chi connectivity index (χ1n) is 14.3. The Kier molecular flexibility index (Phi) is 9.76. The number of rotatable bonds is 12. The number of guanidine groups is 2. The Balaban J connectivity index is 1.29. The van der Waals surface area contributed by atoms with Crippen molar-refractivity contribution in [3.8, 4) is 43.1 Å². The highest BCUT2D eigenvalue weighted by Gasteiger charge is 2.10. The number of nitrogens with one attached hydrogen (secondary N) is 4. The maximum Gasteiger partial charge on any atom is 0.185 e. The molecule has 3 aromatic heterocycles. The summed E-state index contributed by atoms with van der Waals surface area (Å²) in [5, 5.41) is 20.3. The van der Waals surface area contributed by atoms with Crippen LogP contribution in [0.5, 0.6) is 0 Å². The number of hydrogen-bond donors (Lipinski definition) is 6. The molecule has 0 amide bonds. The van der Waals surface area contributed by atoms with Crippen LogP contribution in [0.4, 0.5) is 0 Å². The van der Waals surface area contributed by atoms with Crippen molar-refractivity contribution in [2.45, 2.75) is 25.7 Å². The van der Waals surface area contributed by atoms with Crippen molar-refractivity contribution in [3.05, 3.63) is 109 Å². The van der Waals surface area contributed by atoms with Crippen LogP contribution < -0.4 is 22.1 Å². The number of nitrogens with two attached hydrogens (primary N) is 2. The molecule has 0 spiro atoms. The number of benzene rings is 2. The molecule has 43 heavy (non-hydrogen) atoms. The van der Waals surface area contributed by atoms with Gasteiger partial charge in [0.05, 0.1) is 0 Å². The van der Waals surface area contributed by atoms with Crippen molar-refractivity contribution in [1.29, 1.82) is 10.8 Å². The van der Waals surface area contributed by atoms with E-state index in [2.05, 4.69) is 93.4 Å². The molecule has 0 saturated carbocycles. The molecule has 5 rings (SSSR count). The van der Waals surface area contributed by atoms with Gasteiger partial charge in [-0.05, 0) is 72.2 Å². The van der Waals surface area contributed by atoms with Gasteiger partial charge in [-0.25, -0.2) is 0 Å². The third kappa shape index (κ3) is 8.27. The van der Waals surface area contributed by atoms with Crippen LogP contribution in [0.15, 0.2) is 97.6 Å².